The van der Waals surface area contributed by atoms with E-state index in [1.165, 1.54) is 90.1 Å². The zero-order valence-electron chi connectivity index (χ0n) is 21.4. The van der Waals surface area contributed by atoms with Gasteiger partial charge in [-0.15, -0.1) is 0 Å². The van der Waals surface area contributed by atoms with Gasteiger partial charge >= 0.3 is 0 Å². The number of rotatable bonds is 9. The summed E-state index contributed by atoms with van der Waals surface area (Å²) in [4.78, 5) is 0. The van der Waals surface area contributed by atoms with E-state index in [0.29, 0.717) is 0 Å². The van der Waals surface area contributed by atoms with Crippen LogP contribution in [0.5, 0.6) is 0 Å². The van der Waals surface area contributed by atoms with Crippen molar-refractivity contribution in [2.75, 3.05) is 0 Å². The van der Waals surface area contributed by atoms with Crippen LogP contribution in [0.4, 0.5) is 0 Å². The minimum Gasteiger partial charge on any atom is -0.0654 e. The molecule has 0 saturated carbocycles. The summed E-state index contributed by atoms with van der Waals surface area (Å²) in [6, 6.07) is 28.3. The molecule has 0 aromatic heterocycles. The Balaban J connectivity index is 0.000000398. The van der Waals surface area contributed by atoms with Crippen molar-refractivity contribution >= 4 is 32.3 Å². The average molecular weight is 449 g/mol. The van der Waals surface area contributed by atoms with Crippen LogP contribution in [0.2, 0.25) is 0 Å². The molecule has 0 N–H and O–H groups in total. The molecule has 0 amide bonds. The second-order valence-corrected chi connectivity index (χ2v) is 9.58. The highest BCUT2D eigenvalue weighted by molar-refractivity contribution is 6.24. The van der Waals surface area contributed by atoms with E-state index in [4.69, 9.17) is 0 Å². The third kappa shape index (κ3) is 5.12. The van der Waals surface area contributed by atoms with Crippen LogP contribution >= 0.6 is 0 Å². The monoisotopic (exact) mass is 448 g/mol. The molecule has 5 aromatic carbocycles. The Hall–Kier alpha value is -2.86. The first-order valence-electron chi connectivity index (χ1n) is 13.5. The third-order valence-corrected chi connectivity index (χ3v) is 7.16. The molecule has 0 heteroatoms. The predicted octanol–water partition coefficient (Wildman–Crippen LogP) is 10.3. The lowest BCUT2D eigenvalue weighted by atomic mass is 9.81. The van der Waals surface area contributed by atoms with Crippen molar-refractivity contribution in [2.24, 2.45) is 0 Å². The Morgan fingerprint density at radius 2 is 0.824 bits per heavy atom. The van der Waals surface area contributed by atoms with Crippen LogP contribution in [-0.2, 0) is 19.3 Å². The van der Waals surface area contributed by atoms with Crippen molar-refractivity contribution in [3.63, 3.8) is 0 Å². The Bertz CT molecular complexity index is 1190. The SMILES string of the molecule is CCCCc1c(CCCC)c2ccc3cccc4ccc(c1CCCC)c2c34.c1ccccc1. The maximum absolute atomic E-state index is 2.42. The first-order valence-corrected chi connectivity index (χ1v) is 13.5. The fourth-order valence-corrected chi connectivity index (χ4v) is 5.41. The summed E-state index contributed by atoms with van der Waals surface area (Å²) < 4.78 is 0. The molecular weight excluding hydrogens is 408 g/mol. The van der Waals surface area contributed by atoms with E-state index < -0.39 is 0 Å². The van der Waals surface area contributed by atoms with E-state index in [2.05, 4.69) is 63.2 Å². The molecule has 176 valence electrons. The van der Waals surface area contributed by atoms with Gasteiger partial charge in [0.2, 0.25) is 0 Å². The number of hydrogen-bond acceptors (Lipinski definition) is 0. The van der Waals surface area contributed by atoms with Crippen LogP contribution in [0.15, 0.2) is 78.9 Å². The van der Waals surface area contributed by atoms with Gasteiger partial charge in [0.15, 0.2) is 0 Å². The lowest BCUT2D eigenvalue weighted by Crippen LogP contribution is -2.05. The van der Waals surface area contributed by atoms with Crippen molar-refractivity contribution in [3.05, 3.63) is 95.6 Å². The van der Waals surface area contributed by atoms with Gasteiger partial charge in [-0.2, -0.15) is 0 Å². The van der Waals surface area contributed by atoms with Gasteiger partial charge in [0.05, 0.1) is 0 Å². The van der Waals surface area contributed by atoms with E-state index in [-0.39, 0.29) is 0 Å². The lowest BCUT2D eigenvalue weighted by molar-refractivity contribution is 0.741. The Labute approximate surface area is 206 Å². The molecule has 0 spiro atoms. The van der Waals surface area contributed by atoms with Crippen LogP contribution in [0.1, 0.15) is 76.0 Å². The molecule has 0 atom stereocenters. The van der Waals surface area contributed by atoms with Gasteiger partial charge in [-0.05, 0) is 87.5 Å². The first kappa shape index (κ1) is 24.3. The molecule has 0 unspecified atom stereocenters. The maximum Gasteiger partial charge on any atom is -0.00211 e. The number of unbranched alkanes of at least 4 members (excludes halogenated alkanes) is 3. The van der Waals surface area contributed by atoms with Gasteiger partial charge in [-0.1, -0.05) is 119 Å². The van der Waals surface area contributed by atoms with Crippen molar-refractivity contribution in [2.45, 2.75) is 78.6 Å². The second kappa shape index (κ2) is 12.0. The second-order valence-electron chi connectivity index (χ2n) is 9.58. The highest BCUT2D eigenvalue weighted by Gasteiger charge is 2.19. The molecule has 5 rings (SSSR count). The number of aryl methyl sites for hydroxylation is 2. The summed E-state index contributed by atoms with van der Waals surface area (Å²) >= 11 is 0. The summed E-state index contributed by atoms with van der Waals surface area (Å²) in [6.45, 7) is 6.96. The van der Waals surface area contributed by atoms with E-state index >= 15 is 0 Å². The Kier molecular flexibility index (Phi) is 8.58. The highest BCUT2D eigenvalue weighted by Crippen LogP contribution is 2.41. The van der Waals surface area contributed by atoms with Crippen molar-refractivity contribution in [1.29, 1.82) is 0 Å². The molecule has 0 nitrogen and oxygen atoms in total. The van der Waals surface area contributed by atoms with E-state index in [0.717, 1.165) is 0 Å². The fraction of sp³-hybridized carbons (Fsp3) is 0.353. The summed E-state index contributed by atoms with van der Waals surface area (Å²) in [5.41, 5.74) is 5.01. The van der Waals surface area contributed by atoms with E-state index in [1.54, 1.807) is 16.7 Å². The molecule has 0 aliphatic carbocycles. The summed E-state index contributed by atoms with van der Waals surface area (Å²) in [5.74, 6) is 0. The molecule has 0 aliphatic heterocycles. The predicted molar refractivity (Wildman–Crippen MR) is 152 cm³/mol. The summed E-state index contributed by atoms with van der Waals surface area (Å²) in [5, 5.41) is 8.85. The van der Waals surface area contributed by atoms with Crippen LogP contribution in [0, 0.1) is 0 Å². The first-order chi connectivity index (χ1) is 16.8. The van der Waals surface area contributed by atoms with Gasteiger partial charge in [-0.25, -0.2) is 0 Å². The van der Waals surface area contributed by atoms with Crippen LogP contribution in [-0.4, -0.2) is 0 Å². The zero-order valence-corrected chi connectivity index (χ0v) is 21.4. The van der Waals surface area contributed by atoms with E-state index in [1.807, 2.05) is 36.4 Å². The zero-order chi connectivity index (χ0) is 23.8. The number of hydrogen-bond donors (Lipinski definition) is 0. The van der Waals surface area contributed by atoms with Gasteiger partial charge in [0.1, 0.15) is 0 Å². The Morgan fingerprint density at radius 3 is 1.24 bits per heavy atom. The maximum atomic E-state index is 2.42. The van der Waals surface area contributed by atoms with Crippen LogP contribution < -0.4 is 0 Å². The molecule has 0 aliphatic rings. The van der Waals surface area contributed by atoms with Crippen molar-refractivity contribution < 1.29 is 0 Å². The molecule has 0 radical (unpaired) electrons. The smallest absolute Gasteiger partial charge is 0.00211 e. The molecule has 0 saturated heterocycles. The standard InChI is InChI=1S/C28H34.C6H6/c1-4-7-13-22-23(14-8-5-2)25-18-16-20-11-10-12-21-17-19-26(28(25)27(20)21)24(22)15-9-6-3;1-2-4-6-5-3-1/h10-12,16-19H,4-9,13-15H2,1-3H3;1-6H. The van der Waals surface area contributed by atoms with Gasteiger partial charge < -0.3 is 0 Å². The fourth-order valence-electron chi connectivity index (χ4n) is 5.41. The minimum atomic E-state index is 1.23. The average Bonchev–Trinajstić information content (AvgIpc) is 2.90. The summed E-state index contributed by atoms with van der Waals surface area (Å²) in [7, 11) is 0. The van der Waals surface area contributed by atoms with Crippen molar-refractivity contribution in [1.82, 2.24) is 0 Å². The van der Waals surface area contributed by atoms with Gasteiger partial charge in [-0.3, -0.25) is 0 Å². The molecule has 34 heavy (non-hydrogen) atoms. The molecular formula is C34H40. The lowest BCUT2D eigenvalue weighted by Gasteiger charge is -2.23. The third-order valence-electron chi connectivity index (χ3n) is 7.16. The quantitative estimate of drug-likeness (QED) is 0.197. The van der Waals surface area contributed by atoms with Crippen LogP contribution in [0.3, 0.4) is 0 Å². The van der Waals surface area contributed by atoms with E-state index in [9.17, 15) is 0 Å². The Morgan fingerprint density at radius 1 is 0.412 bits per heavy atom. The minimum absolute atomic E-state index is 1.23. The molecule has 5 aromatic rings. The van der Waals surface area contributed by atoms with Crippen LogP contribution in [0.25, 0.3) is 32.3 Å². The largest absolute Gasteiger partial charge is 0.0654 e. The van der Waals surface area contributed by atoms with Crippen molar-refractivity contribution in [3.8, 4) is 0 Å². The molecule has 0 bridgehead atoms. The molecule has 0 heterocycles. The summed E-state index contributed by atoms with van der Waals surface area (Å²) in [6.07, 6.45) is 11.4. The van der Waals surface area contributed by atoms with Gasteiger partial charge in [0.25, 0.3) is 0 Å². The normalized spacial score (nSPS) is 11.3. The molecule has 0 fully saturated rings. The topological polar surface area (TPSA) is 0 Å². The highest BCUT2D eigenvalue weighted by atomic mass is 14.2. The number of benzene rings is 5. The van der Waals surface area contributed by atoms with Gasteiger partial charge in [0, 0.05) is 0 Å².